The van der Waals surface area contributed by atoms with Crippen LogP contribution in [-0.2, 0) is 0 Å². The lowest BCUT2D eigenvalue weighted by Crippen LogP contribution is -2.29. The van der Waals surface area contributed by atoms with Crippen LogP contribution in [0.15, 0.2) is 24.3 Å². The Kier molecular flexibility index (Phi) is 4.46. The molecule has 20 heavy (non-hydrogen) atoms. The van der Waals surface area contributed by atoms with Crippen LogP contribution >= 0.6 is 0 Å². The van der Waals surface area contributed by atoms with Gasteiger partial charge in [-0.3, -0.25) is 0 Å². The van der Waals surface area contributed by atoms with E-state index in [2.05, 4.69) is 5.32 Å². The van der Waals surface area contributed by atoms with Crippen molar-refractivity contribution in [1.29, 1.82) is 0 Å². The molecule has 3 unspecified atom stereocenters. The van der Waals surface area contributed by atoms with Gasteiger partial charge < -0.3 is 14.8 Å². The molecule has 2 bridgehead atoms. The molecule has 2 aliphatic rings. The van der Waals surface area contributed by atoms with E-state index in [0.717, 1.165) is 42.4 Å². The molecule has 0 amide bonds. The number of nitrogens with one attached hydrogen (secondary N) is 1. The second kappa shape index (κ2) is 6.49. The van der Waals surface area contributed by atoms with Gasteiger partial charge >= 0.3 is 0 Å². The highest BCUT2D eigenvalue weighted by Crippen LogP contribution is 2.47. The molecule has 0 aromatic heterocycles. The predicted molar refractivity (Wildman–Crippen MR) is 80.3 cm³/mol. The number of hydrogen-bond donors (Lipinski definition) is 1. The zero-order chi connectivity index (χ0) is 13.8. The van der Waals surface area contributed by atoms with Crippen LogP contribution < -0.4 is 14.8 Å². The summed E-state index contributed by atoms with van der Waals surface area (Å²) in [5, 5.41) is 3.56. The molecule has 0 aliphatic heterocycles. The molecule has 2 saturated carbocycles. The van der Waals surface area contributed by atoms with E-state index in [4.69, 9.17) is 9.47 Å². The van der Waals surface area contributed by atoms with Crippen molar-refractivity contribution in [3.8, 4) is 11.5 Å². The molecule has 3 heteroatoms. The number of methoxy groups -OCH3 is 1. The third kappa shape index (κ3) is 3.26. The minimum Gasteiger partial charge on any atom is -0.497 e. The summed E-state index contributed by atoms with van der Waals surface area (Å²) >= 11 is 0. The van der Waals surface area contributed by atoms with Gasteiger partial charge in [-0.2, -0.15) is 0 Å². The van der Waals surface area contributed by atoms with Crippen molar-refractivity contribution in [2.45, 2.75) is 25.7 Å². The lowest BCUT2D eigenvalue weighted by molar-refractivity contribution is 0.285. The highest BCUT2D eigenvalue weighted by Gasteiger charge is 2.38. The summed E-state index contributed by atoms with van der Waals surface area (Å²) in [6.07, 6.45) is 5.91. The van der Waals surface area contributed by atoms with Crippen LogP contribution in [0.4, 0.5) is 0 Å². The Morgan fingerprint density at radius 3 is 2.55 bits per heavy atom. The van der Waals surface area contributed by atoms with Crippen LogP contribution in [0.3, 0.4) is 0 Å². The van der Waals surface area contributed by atoms with Crippen LogP contribution in [0, 0.1) is 17.8 Å². The quantitative estimate of drug-likeness (QED) is 0.776. The van der Waals surface area contributed by atoms with Crippen LogP contribution in [0.25, 0.3) is 0 Å². The fourth-order valence-electron chi connectivity index (χ4n) is 3.83. The van der Waals surface area contributed by atoms with Crippen molar-refractivity contribution in [3.05, 3.63) is 24.3 Å². The van der Waals surface area contributed by atoms with E-state index >= 15 is 0 Å². The topological polar surface area (TPSA) is 30.5 Å². The summed E-state index contributed by atoms with van der Waals surface area (Å²) in [4.78, 5) is 0. The molecule has 1 aromatic rings. The van der Waals surface area contributed by atoms with Gasteiger partial charge in [0.05, 0.1) is 7.11 Å². The number of fused-ring (bicyclic) bond motifs is 2. The van der Waals surface area contributed by atoms with E-state index in [0.29, 0.717) is 0 Å². The van der Waals surface area contributed by atoms with Gasteiger partial charge in [0, 0.05) is 6.54 Å². The van der Waals surface area contributed by atoms with E-state index in [-0.39, 0.29) is 0 Å². The van der Waals surface area contributed by atoms with E-state index in [1.54, 1.807) is 7.11 Å². The summed E-state index contributed by atoms with van der Waals surface area (Å²) in [5.41, 5.74) is 0. The summed E-state index contributed by atoms with van der Waals surface area (Å²) in [5.74, 6) is 4.76. The first kappa shape index (κ1) is 13.7. The summed E-state index contributed by atoms with van der Waals surface area (Å²) in [7, 11) is 1.68. The monoisotopic (exact) mass is 275 g/mol. The van der Waals surface area contributed by atoms with E-state index in [1.807, 2.05) is 24.3 Å². The molecule has 110 valence electrons. The average molecular weight is 275 g/mol. The molecule has 2 aliphatic carbocycles. The first-order valence-corrected chi connectivity index (χ1v) is 7.82. The molecule has 0 spiro atoms. The van der Waals surface area contributed by atoms with Crippen LogP contribution in [0.1, 0.15) is 25.7 Å². The van der Waals surface area contributed by atoms with Crippen molar-refractivity contribution in [1.82, 2.24) is 5.32 Å². The highest BCUT2D eigenvalue weighted by molar-refractivity contribution is 5.31. The van der Waals surface area contributed by atoms with Gasteiger partial charge in [0.25, 0.3) is 0 Å². The average Bonchev–Trinajstić information content (AvgIpc) is 3.10. The van der Waals surface area contributed by atoms with Gasteiger partial charge in [0.15, 0.2) is 0 Å². The van der Waals surface area contributed by atoms with Gasteiger partial charge in [0.2, 0.25) is 0 Å². The van der Waals surface area contributed by atoms with Crippen molar-refractivity contribution in [2.75, 3.05) is 26.8 Å². The molecule has 0 heterocycles. The fourth-order valence-corrected chi connectivity index (χ4v) is 3.83. The largest absolute Gasteiger partial charge is 0.497 e. The zero-order valence-corrected chi connectivity index (χ0v) is 12.3. The first-order valence-electron chi connectivity index (χ1n) is 7.82. The second-order valence-electron chi connectivity index (χ2n) is 6.16. The lowest BCUT2D eigenvalue weighted by atomic mass is 9.89. The van der Waals surface area contributed by atoms with E-state index in [1.165, 1.54) is 32.2 Å². The number of rotatable bonds is 7. The minimum absolute atomic E-state index is 0.729. The van der Waals surface area contributed by atoms with Gasteiger partial charge in [-0.1, -0.05) is 6.42 Å². The SMILES string of the molecule is COc1ccc(OCCNCC2CC3CCC2C3)cc1. The highest BCUT2D eigenvalue weighted by atomic mass is 16.5. The molecule has 3 rings (SSSR count). The molecule has 3 atom stereocenters. The zero-order valence-electron chi connectivity index (χ0n) is 12.3. The van der Waals surface area contributed by atoms with Crippen molar-refractivity contribution < 1.29 is 9.47 Å². The summed E-state index contributed by atoms with van der Waals surface area (Å²) in [6, 6.07) is 7.76. The van der Waals surface area contributed by atoms with E-state index < -0.39 is 0 Å². The fraction of sp³-hybridized carbons (Fsp3) is 0.647. The maximum Gasteiger partial charge on any atom is 0.119 e. The van der Waals surface area contributed by atoms with Crippen molar-refractivity contribution >= 4 is 0 Å². The van der Waals surface area contributed by atoms with Gasteiger partial charge in [0.1, 0.15) is 18.1 Å². The third-order valence-electron chi connectivity index (χ3n) is 4.90. The van der Waals surface area contributed by atoms with Gasteiger partial charge in [-0.05, 0) is 67.8 Å². The molecule has 3 nitrogen and oxygen atoms in total. The normalized spacial score (nSPS) is 27.8. The Bertz CT molecular complexity index is 418. The Morgan fingerprint density at radius 1 is 1.10 bits per heavy atom. The molecule has 1 N–H and O–H groups in total. The molecule has 0 saturated heterocycles. The van der Waals surface area contributed by atoms with Crippen LogP contribution in [0.5, 0.6) is 11.5 Å². The van der Waals surface area contributed by atoms with Crippen molar-refractivity contribution in [2.24, 2.45) is 17.8 Å². The standard InChI is InChI=1S/C17H25NO2/c1-19-16-4-6-17(7-5-16)20-9-8-18-12-15-11-13-2-3-14(15)10-13/h4-7,13-15,18H,2-3,8-12H2,1H3. The Morgan fingerprint density at radius 2 is 1.90 bits per heavy atom. The lowest BCUT2D eigenvalue weighted by Gasteiger charge is -2.21. The maximum atomic E-state index is 5.71. The van der Waals surface area contributed by atoms with Crippen LogP contribution in [-0.4, -0.2) is 26.8 Å². The maximum absolute atomic E-state index is 5.71. The summed E-state index contributed by atoms with van der Waals surface area (Å²) < 4.78 is 10.8. The first-order chi connectivity index (χ1) is 9.85. The number of ether oxygens (including phenoxy) is 2. The van der Waals surface area contributed by atoms with Gasteiger partial charge in [-0.15, -0.1) is 0 Å². The third-order valence-corrected chi connectivity index (χ3v) is 4.90. The molecular formula is C17H25NO2. The van der Waals surface area contributed by atoms with Gasteiger partial charge in [-0.25, -0.2) is 0 Å². The summed E-state index contributed by atoms with van der Waals surface area (Å²) in [6.45, 7) is 2.83. The number of benzene rings is 1. The predicted octanol–water partition coefficient (Wildman–Crippen LogP) is 3.10. The molecule has 0 radical (unpaired) electrons. The van der Waals surface area contributed by atoms with E-state index in [9.17, 15) is 0 Å². The number of hydrogen-bond acceptors (Lipinski definition) is 3. The van der Waals surface area contributed by atoms with Crippen molar-refractivity contribution in [3.63, 3.8) is 0 Å². The Labute approximate surface area is 121 Å². The van der Waals surface area contributed by atoms with Crippen LogP contribution in [0.2, 0.25) is 0 Å². The minimum atomic E-state index is 0.729. The smallest absolute Gasteiger partial charge is 0.119 e. The molecule has 1 aromatic carbocycles. The second-order valence-corrected chi connectivity index (χ2v) is 6.16. The molecule has 2 fully saturated rings. The molecular weight excluding hydrogens is 250 g/mol. The Hall–Kier alpha value is -1.22. The Balaban J connectivity index is 1.30.